The predicted octanol–water partition coefficient (Wildman–Crippen LogP) is 4.13. The van der Waals surface area contributed by atoms with Crippen LogP contribution < -0.4 is 4.74 Å². The first-order chi connectivity index (χ1) is 9.44. The Balaban J connectivity index is 2.20. The summed E-state index contributed by atoms with van der Waals surface area (Å²) in [5, 5.41) is 10.7. The van der Waals surface area contributed by atoms with Gasteiger partial charge in [0, 0.05) is 6.42 Å². The monoisotopic (exact) mass is 274 g/mol. The minimum atomic E-state index is -0.391. The molecule has 0 aliphatic heterocycles. The molecule has 0 saturated carbocycles. The lowest BCUT2D eigenvalue weighted by Gasteiger charge is -2.37. The fourth-order valence-corrected chi connectivity index (χ4v) is 3.50. The lowest BCUT2D eigenvalue weighted by molar-refractivity contribution is 0.168. The Morgan fingerprint density at radius 2 is 2.10 bits per heavy atom. The number of rotatable bonds is 4. The molecule has 2 heteroatoms. The first-order valence-corrected chi connectivity index (χ1v) is 7.45. The number of aliphatic hydroxyl groups is 1. The maximum atomic E-state index is 10.7. The van der Waals surface area contributed by atoms with Crippen molar-refractivity contribution in [3.8, 4) is 5.75 Å². The summed E-state index contributed by atoms with van der Waals surface area (Å²) in [6, 6.07) is 7.98. The van der Waals surface area contributed by atoms with Crippen molar-refractivity contribution in [2.75, 3.05) is 7.11 Å². The van der Waals surface area contributed by atoms with Crippen LogP contribution >= 0.6 is 0 Å². The van der Waals surface area contributed by atoms with Crippen molar-refractivity contribution in [2.45, 2.75) is 52.6 Å². The summed E-state index contributed by atoms with van der Waals surface area (Å²) >= 11 is 0. The van der Waals surface area contributed by atoms with Gasteiger partial charge in [0.25, 0.3) is 0 Å². The second-order valence-corrected chi connectivity index (χ2v) is 6.50. The number of benzene rings is 1. The van der Waals surface area contributed by atoms with Gasteiger partial charge in [-0.2, -0.15) is 0 Å². The van der Waals surface area contributed by atoms with Gasteiger partial charge in [0.05, 0.1) is 13.2 Å². The van der Waals surface area contributed by atoms with Crippen LogP contribution in [-0.2, 0) is 6.42 Å². The van der Waals surface area contributed by atoms with Crippen LogP contribution in [0.2, 0.25) is 0 Å². The topological polar surface area (TPSA) is 29.5 Å². The minimum absolute atomic E-state index is 0.112. The van der Waals surface area contributed by atoms with E-state index in [0.717, 1.165) is 24.2 Å². The molecule has 2 rings (SSSR count). The summed E-state index contributed by atoms with van der Waals surface area (Å²) in [6.07, 6.45) is 3.78. The molecule has 0 spiro atoms. The van der Waals surface area contributed by atoms with E-state index >= 15 is 0 Å². The molecular formula is C18H26O2. The van der Waals surface area contributed by atoms with Crippen LogP contribution in [-0.4, -0.2) is 18.3 Å². The molecule has 0 aromatic heterocycles. The second-order valence-electron chi connectivity index (χ2n) is 6.50. The van der Waals surface area contributed by atoms with Gasteiger partial charge in [0.1, 0.15) is 5.75 Å². The lowest BCUT2D eigenvalue weighted by Crippen LogP contribution is -2.30. The number of ether oxygens (including phenoxy) is 1. The first kappa shape index (κ1) is 15.1. The Labute approximate surface area is 122 Å². The normalized spacial score (nSPS) is 19.9. The van der Waals surface area contributed by atoms with Gasteiger partial charge in [-0.3, -0.25) is 0 Å². The number of aliphatic hydroxyl groups excluding tert-OH is 1. The highest BCUT2D eigenvalue weighted by Crippen LogP contribution is 2.42. The van der Waals surface area contributed by atoms with Crippen molar-refractivity contribution in [1.29, 1.82) is 0 Å². The van der Waals surface area contributed by atoms with Crippen molar-refractivity contribution >= 4 is 0 Å². The third-order valence-corrected chi connectivity index (χ3v) is 4.44. The van der Waals surface area contributed by atoms with Gasteiger partial charge in [0.2, 0.25) is 0 Å². The highest BCUT2D eigenvalue weighted by atomic mass is 16.5. The summed E-state index contributed by atoms with van der Waals surface area (Å²) in [5.41, 5.74) is 3.85. The molecule has 110 valence electrons. The van der Waals surface area contributed by atoms with E-state index in [9.17, 15) is 5.11 Å². The Morgan fingerprint density at radius 3 is 2.75 bits per heavy atom. The Morgan fingerprint density at radius 1 is 1.35 bits per heavy atom. The summed E-state index contributed by atoms with van der Waals surface area (Å²) in [7, 11) is 1.67. The molecule has 1 aliphatic rings. The molecule has 1 atom stereocenters. The first-order valence-electron chi connectivity index (χ1n) is 7.45. The molecule has 1 aromatic rings. The minimum Gasteiger partial charge on any atom is -0.497 e. The summed E-state index contributed by atoms with van der Waals surface area (Å²) < 4.78 is 5.25. The van der Waals surface area contributed by atoms with Crippen LogP contribution in [0.4, 0.5) is 0 Å². The predicted molar refractivity (Wildman–Crippen MR) is 83.0 cm³/mol. The molecule has 1 aromatic carbocycles. The van der Waals surface area contributed by atoms with Crippen LogP contribution in [0, 0.1) is 5.41 Å². The van der Waals surface area contributed by atoms with Crippen molar-refractivity contribution in [3.05, 3.63) is 41.0 Å². The van der Waals surface area contributed by atoms with Gasteiger partial charge in [-0.15, -0.1) is 0 Å². The molecule has 1 N–H and O–H groups in total. The number of methoxy groups -OCH3 is 1. The van der Waals surface area contributed by atoms with E-state index in [4.69, 9.17) is 4.74 Å². The molecule has 2 nitrogen and oxygen atoms in total. The Hall–Kier alpha value is -1.28. The SMILES string of the molecule is COc1cccc(CC(O)C2=C(C)CCCC2(C)C)c1. The fourth-order valence-electron chi connectivity index (χ4n) is 3.50. The van der Waals surface area contributed by atoms with E-state index in [-0.39, 0.29) is 5.41 Å². The zero-order chi connectivity index (χ0) is 14.8. The third-order valence-electron chi connectivity index (χ3n) is 4.44. The molecule has 1 aliphatic carbocycles. The van der Waals surface area contributed by atoms with Crippen molar-refractivity contribution < 1.29 is 9.84 Å². The lowest BCUT2D eigenvalue weighted by atomic mass is 9.70. The maximum Gasteiger partial charge on any atom is 0.119 e. The van der Waals surface area contributed by atoms with Gasteiger partial charge in [-0.1, -0.05) is 31.6 Å². The quantitative estimate of drug-likeness (QED) is 0.837. The standard InChI is InChI=1S/C18H26O2/c1-13-7-6-10-18(2,3)17(13)16(19)12-14-8-5-9-15(11-14)20-4/h5,8-9,11,16,19H,6-7,10,12H2,1-4H3. The average molecular weight is 274 g/mol. The highest BCUT2D eigenvalue weighted by molar-refractivity contribution is 5.32. The number of allylic oxidation sites excluding steroid dienone is 1. The summed E-state index contributed by atoms with van der Waals surface area (Å²) in [6.45, 7) is 6.67. The Kier molecular flexibility index (Phi) is 4.54. The van der Waals surface area contributed by atoms with Gasteiger partial charge in [0.15, 0.2) is 0 Å². The molecule has 0 bridgehead atoms. The molecule has 0 fully saturated rings. The molecule has 1 unspecified atom stereocenters. The maximum absolute atomic E-state index is 10.7. The van der Waals surface area contributed by atoms with Crippen molar-refractivity contribution in [1.82, 2.24) is 0 Å². The second kappa shape index (κ2) is 6.01. The molecule has 0 radical (unpaired) electrons. The van der Waals surface area contributed by atoms with Crippen LogP contribution in [0.5, 0.6) is 5.75 Å². The van der Waals surface area contributed by atoms with Crippen LogP contribution in [0.3, 0.4) is 0 Å². The van der Waals surface area contributed by atoms with Gasteiger partial charge >= 0.3 is 0 Å². The number of hydrogen-bond donors (Lipinski definition) is 1. The molecular weight excluding hydrogens is 248 g/mol. The van der Waals surface area contributed by atoms with E-state index in [1.54, 1.807) is 7.11 Å². The van der Waals surface area contributed by atoms with E-state index < -0.39 is 6.10 Å². The zero-order valence-corrected chi connectivity index (χ0v) is 13.1. The smallest absolute Gasteiger partial charge is 0.119 e. The molecule has 20 heavy (non-hydrogen) atoms. The van der Waals surface area contributed by atoms with Gasteiger partial charge in [-0.05, 0) is 54.9 Å². The van der Waals surface area contributed by atoms with Gasteiger partial charge in [-0.25, -0.2) is 0 Å². The van der Waals surface area contributed by atoms with Crippen molar-refractivity contribution in [3.63, 3.8) is 0 Å². The van der Waals surface area contributed by atoms with Crippen LogP contribution in [0.1, 0.15) is 45.6 Å². The molecule has 0 saturated heterocycles. The molecule has 0 heterocycles. The van der Waals surface area contributed by atoms with Crippen LogP contribution in [0.25, 0.3) is 0 Å². The largest absolute Gasteiger partial charge is 0.497 e. The third kappa shape index (κ3) is 3.24. The summed E-state index contributed by atoms with van der Waals surface area (Å²) in [5.74, 6) is 0.850. The zero-order valence-electron chi connectivity index (χ0n) is 13.1. The van der Waals surface area contributed by atoms with Gasteiger partial charge < -0.3 is 9.84 Å². The highest BCUT2D eigenvalue weighted by Gasteiger charge is 2.32. The van der Waals surface area contributed by atoms with E-state index in [0.29, 0.717) is 6.42 Å². The fraction of sp³-hybridized carbons (Fsp3) is 0.556. The summed E-state index contributed by atoms with van der Waals surface area (Å²) in [4.78, 5) is 0. The van der Waals surface area contributed by atoms with Crippen LogP contribution in [0.15, 0.2) is 35.4 Å². The Bertz CT molecular complexity index is 500. The van der Waals surface area contributed by atoms with E-state index in [1.807, 2.05) is 18.2 Å². The van der Waals surface area contributed by atoms with E-state index in [1.165, 1.54) is 17.6 Å². The average Bonchev–Trinajstić information content (AvgIpc) is 2.37. The van der Waals surface area contributed by atoms with Crippen molar-refractivity contribution in [2.24, 2.45) is 5.41 Å². The van der Waals surface area contributed by atoms with E-state index in [2.05, 4.69) is 26.8 Å². The molecule has 0 amide bonds. The number of hydrogen-bond acceptors (Lipinski definition) is 2.